The Labute approximate surface area is 226 Å². The summed E-state index contributed by atoms with van der Waals surface area (Å²) in [5.41, 5.74) is -2.86. The molecular formula is C26H25F6NO6S. The van der Waals surface area contributed by atoms with Gasteiger partial charge in [0, 0.05) is 13.1 Å². The molecule has 7 nitrogen and oxygen atoms in total. The number of halogens is 6. The molecule has 0 amide bonds. The smallest absolute Gasteiger partial charge is 0.416 e. The fraction of sp³-hybridized carbons (Fsp3) is 0.308. The summed E-state index contributed by atoms with van der Waals surface area (Å²) in [6.45, 7) is -0.872. The van der Waals surface area contributed by atoms with Gasteiger partial charge in [0.2, 0.25) is 15.8 Å². The number of methoxy groups -OCH3 is 4. The van der Waals surface area contributed by atoms with Gasteiger partial charge in [0.15, 0.2) is 11.5 Å². The Morgan fingerprint density at radius 3 is 1.52 bits per heavy atom. The van der Waals surface area contributed by atoms with Crippen LogP contribution in [0.3, 0.4) is 0 Å². The third-order valence-corrected chi connectivity index (χ3v) is 7.57. The molecule has 3 aromatic carbocycles. The first-order chi connectivity index (χ1) is 18.6. The summed E-state index contributed by atoms with van der Waals surface area (Å²) in [4.78, 5) is -1.17. The van der Waals surface area contributed by atoms with Crippen molar-refractivity contribution in [3.05, 3.63) is 76.9 Å². The summed E-state index contributed by atoms with van der Waals surface area (Å²) >= 11 is 0. The minimum Gasteiger partial charge on any atom is -0.497 e. The molecule has 3 rings (SSSR count). The maximum atomic E-state index is 13.7. The summed E-state index contributed by atoms with van der Waals surface area (Å²) < 4.78 is 130. The number of benzene rings is 3. The van der Waals surface area contributed by atoms with Crippen molar-refractivity contribution in [2.75, 3.05) is 28.4 Å². The van der Waals surface area contributed by atoms with Crippen molar-refractivity contribution in [3.8, 4) is 23.0 Å². The molecule has 0 aliphatic carbocycles. The molecule has 0 unspecified atom stereocenters. The summed E-state index contributed by atoms with van der Waals surface area (Å²) in [6.07, 6.45) is -10.5. The molecule has 0 radical (unpaired) electrons. The first-order valence-corrected chi connectivity index (χ1v) is 12.8. The van der Waals surface area contributed by atoms with Crippen molar-refractivity contribution in [1.29, 1.82) is 0 Å². The first-order valence-electron chi connectivity index (χ1n) is 11.4. The third-order valence-electron chi connectivity index (χ3n) is 5.80. The number of sulfonamides is 1. The van der Waals surface area contributed by atoms with E-state index in [1.807, 2.05) is 0 Å². The van der Waals surface area contributed by atoms with Gasteiger partial charge in [0.25, 0.3) is 0 Å². The van der Waals surface area contributed by atoms with Crippen LogP contribution in [-0.2, 0) is 35.5 Å². The maximum absolute atomic E-state index is 13.7. The fourth-order valence-corrected chi connectivity index (χ4v) is 5.30. The molecule has 0 heterocycles. The Bertz CT molecular complexity index is 1380. The predicted molar refractivity (Wildman–Crippen MR) is 132 cm³/mol. The summed E-state index contributed by atoms with van der Waals surface area (Å²) in [7, 11) is 0.483. The van der Waals surface area contributed by atoms with E-state index >= 15 is 0 Å². The lowest BCUT2D eigenvalue weighted by Crippen LogP contribution is -2.31. The van der Waals surface area contributed by atoms with E-state index in [2.05, 4.69) is 0 Å². The second-order valence-electron chi connectivity index (χ2n) is 8.40. The van der Waals surface area contributed by atoms with Crippen LogP contribution in [0.5, 0.6) is 23.0 Å². The van der Waals surface area contributed by atoms with Gasteiger partial charge in [0.1, 0.15) is 5.75 Å². The molecule has 0 saturated carbocycles. The van der Waals surface area contributed by atoms with Crippen LogP contribution in [0.4, 0.5) is 26.3 Å². The number of alkyl halides is 6. The van der Waals surface area contributed by atoms with Crippen molar-refractivity contribution >= 4 is 10.0 Å². The second-order valence-corrected chi connectivity index (χ2v) is 10.3. The normalized spacial score (nSPS) is 12.4. The number of hydrogen-bond donors (Lipinski definition) is 0. The standard InChI is InChI=1S/C26H25F6NO6S/c1-36-20-7-5-16(6-8-20)14-33(15-17-9-22(37-2)24(39-4)23(10-17)38-3)40(34,35)21-12-18(25(27,28)29)11-19(13-21)26(30,31)32/h5-13H,14-15H2,1-4H3. The zero-order valence-corrected chi connectivity index (χ0v) is 22.5. The molecule has 0 aromatic heterocycles. The molecule has 40 heavy (non-hydrogen) atoms. The lowest BCUT2D eigenvalue weighted by molar-refractivity contribution is -0.143. The average Bonchev–Trinajstić information content (AvgIpc) is 2.91. The Hall–Kier alpha value is -3.65. The Morgan fingerprint density at radius 2 is 1.12 bits per heavy atom. The van der Waals surface area contributed by atoms with Gasteiger partial charge < -0.3 is 18.9 Å². The highest BCUT2D eigenvalue weighted by atomic mass is 32.2. The molecule has 218 valence electrons. The van der Waals surface area contributed by atoms with Gasteiger partial charge in [-0.3, -0.25) is 0 Å². The van der Waals surface area contributed by atoms with E-state index in [-0.39, 0.29) is 41.0 Å². The van der Waals surface area contributed by atoms with Crippen LogP contribution in [0.2, 0.25) is 0 Å². The van der Waals surface area contributed by atoms with E-state index in [9.17, 15) is 34.8 Å². The van der Waals surface area contributed by atoms with Gasteiger partial charge in [-0.1, -0.05) is 12.1 Å². The predicted octanol–water partition coefficient (Wildman–Crippen LogP) is 6.15. The van der Waals surface area contributed by atoms with Crippen molar-refractivity contribution in [1.82, 2.24) is 4.31 Å². The monoisotopic (exact) mass is 593 g/mol. The van der Waals surface area contributed by atoms with Gasteiger partial charge in [-0.15, -0.1) is 0 Å². The number of ether oxygens (including phenoxy) is 4. The van der Waals surface area contributed by atoms with Crippen molar-refractivity contribution < 1.29 is 53.7 Å². The number of rotatable bonds is 10. The highest BCUT2D eigenvalue weighted by molar-refractivity contribution is 7.89. The van der Waals surface area contributed by atoms with Gasteiger partial charge >= 0.3 is 12.4 Å². The van der Waals surface area contributed by atoms with Gasteiger partial charge in [0.05, 0.1) is 44.5 Å². The van der Waals surface area contributed by atoms with E-state index in [1.54, 1.807) is 0 Å². The van der Waals surface area contributed by atoms with E-state index in [0.717, 1.165) is 4.31 Å². The summed E-state index contributed by atoms with van der Waals surface area (Å²) in [6, 6.07) is 9.18. The average molecular weight is 594 g/mol. The highest BCUT2D eigenvalue weighted by Crippen LogP contribution is 2.40. The quantitative estimate of drug-likeness (QED) is 0.263. The third kappa shape index (κ3) is 6.91. The molecule has 3 aromatic rings. The summed E-state index contributed by atoms with van der Waals surface area (Å²) in [5, 5.41) is 0. The molecule has 0 atom stereocenters. The molecule has 0 spiro atoms. The maximum Gasteiger partial charge on any atom is 0.416 e. The van der Waals surface area contributed by atoms with Crippen molar-refractivity contribution in [3.63, 3.8) is 0 Å². The van der Waals surface area contributed by atoms with Gasteiger partial charge in [-0.25, -0.2) is 8.42 Å². The Kier molecular flexibility index (Phi) is 9.14. The van der Waals surface area contributed by atoms with Crippen LogP contribution in [0.15, 0.2) is 59.5 Å². The lowest BCUT2D eigenvalue weighted by Gasteiger charge is -2.25. The zero-order chi connectivity index (χ0) is 29.9. The molecule has 0 bridgehead atoms. The number of hydrogen-bond acceptors (Lipinski definition) is 6. The highest BCUT2D eigenvalue weighted by Gasteiger charge is 2.39. The minimum absolute atomic E-state index is 0.133. The van der Waals surface area contributed by atoms with E-state index in [4.69, 9.17) is 18.9 Å². The van der Waals surface area contributed by atoms with Crippen molar-refractivity contribution in [2.45, 2.75) is 30.3 Å². The molecule has 0 aliphatic rings. The molecule has 0 saturated heterocycles. The van der Waals surface area contributed by atoms with Crippen LogP contribution in [0, 0.1) is 0 Å². The number of nitrogens with zero attached hydrogens (tertiary/aromatic N) is 1. The summed E-state index contributed by atoms with van der Waals surface area (Å²) in [5.74, 6) is 0.982. The fourth-order valence-electron chi connectivity index (χ4n) is 3.82. The van der Waals surface area contributed by atoms with Crippen LogP contribution < -0.4 is 18.9 Å². The molecule has 0 aliphatic heterocycles. The van der Waals surface area contributed by atoms with E-state index in [0.29, 0.717) is 11.3 Å². The van der Waals surface area contributed by atoms with E-state index < -0.39 is 51.5 Å². The van der Waals surface area contributed by atoms with Crippen LogP contribution in [-0.4, -0.2) is 41.2 Å². The first kappa shape index (κ1) is 30.9. The molecule has 0 fully saturated rings. The molecule has 0 N–H and O–H groups in total. The second kappa shape index (κ2) is 11.8. The SMILES string of the molecule is COc1ccc(CN(Cc2cc(OC)c(OC)c(OC)c2)S(=O)(=O)c2cc(C(F)(F)F)cc(C(F)(F)F)c2)cc1. The molecular weight excluding hydrogens is 568 g/mol. The lowest BCUT2D eigenvalue weighted by atomic mass is 10.1. The van der Waals surface area contributed by atoms with Crippen LogP contribution >= 0.6 is 0 Å². The molecule has 14 heteroatoms. The van der Waals surface area contributed by atoms with Crippen LogP contribution in [0.25, 0.3) is 0 Å². The Balaban J connectivity index is 2.19. The zero-order valence-electron chi connectivity index (χ0n) is 21.7. The minimum atomic E-state index is -5.23. The topological polar surface area (TPSA) is 74.3 Å². The van der Waals surface area contributed by atoms with Crippen molar-refractivity contribution in [2.24, 2.45) is 0 Å². The largest absolute Gasteiger partial charge is 0.497 e. The van der Waals surface area contributed by atoms with Crippen LogP contribution in [0.1, 0.15) is 22.3 Å². The van der Waals surface area contributed by atoms with Gasteiger partial charge in [-0.2, -0.15) is 30.6 Å². The van der Waals surface area contributed by atoms with E-state index in [1.165, 1.54) is 64.8 Å². The Morgan fingerprint density at radius 1 is 0.650 bits per heavy atom. The van der Waals surface area contributed by atoms with Gasteiger partial charge in [-0.05, 0) is 53.6 Å².